The minimum atomic E-state index is 0.344. The lowest BCUT2D eigenvalue weighted by Crippen LogP contribution is -2.41. The van der Waals surface area contributed by atoms with Gasteiger partial charge in [0.1, 0.15) is 5.75 Å². The first kappa shape index (κ1) is 12.9. The zero-order valence-corrected chi connectivity index (χ0v) is 11.8. The van der Waals surface area contributed by atoms with Crippen LogP contribution in [0.1, 0.15) is 43.5 Å². The molecule has 0 bridgehead atoms. The maximum absolute atomic E-state index is 9.91. The first-order valence-electron chi connectivity index (χ1n) is 7.60. The fourth-order valence-corrected chi connectivity index (χ4v) is 3.75. The van der Waals surface area contributed by atoms with Crippen LogP contribution in [0.2, 0.25) is 0 Å². The van der Waals surface area contributed by atoms with Gasteiger partial charge in [-0.15, -0.1) is 0 Å². The summed E-state index contributed by atoms with van der Waals surface area (Å²) >= 11 is 0. The predicted octanol–water partition coefficient (Wildman–Crippen LogP) is 3.11. The SMILES string of the molecule is Cc1ccc(O)c(CN2CCC3CCCCC3C2)n1. The molecule has 1 saturated heterocycles. The Labute approximate surface area is 115 Å². The van der Waals surface area contributed by atoms with Crippen molar-refractivity contribution in [2.24, 2.45) is 11.8 Å². The van der Waals surface area contributed by atoms with E-state index in [0.29, 0.717) is 5.75 Å². The van der Waals surface area contributed by atoms with Crippen LogP contribution in [0.3, 0.4) is 0 Å². The number of aromatic hydroxyl groups is 1. The molecule has 1 aliphatic carbocycles. The lowest BCUT2D eigenvalue weighted by Gasteiger charge is -2.41. The van der Waals surface area contributed by atoms with Gasteiger partial charge < -0.3 is 5.11 Å². The number of rotatable bonds is 2. The molecule has 2 heterocycles. The number of piperidine rings is 1. The largest absolute Gasteiger partial charge is 0.506 e. The van der Waals surface area contributed by atoms with Gasteiger partial charge in [0.15, 0.2) is 0 Å². The van der Waals surface area contributed by atoms with Gasteiger partial charge in [0.2, 0.25) is 0 Å². The zero-order chi connectivity index (χ0) is 13.2. The Morgan fingerprint density at radius 1 is 1.21 bits per heavy atom. The van der Waals surface area contributed by atoms with E-state index in [9.17, 15) is 5.11 Å². The number of likely N-dealkylation sites (tertiary alicyclic amines) is 1. The predicted molar refractivity (Wildman–Crippen MR) is 76.0 cm³/mol. The molecule has 0 spiro atoms. The average molecular weight is 260 g/mol. The van der Waals surface area contributed by atoms with E-state index in [-0.39, 0.29) is 0 Å². The molecule has 0 radical (unpaired) electrons. The van der Waals surface area contributed by atoms with E-state index in [4.69, 9.17) is 0 Å². The molecule has 19 heavy (non-hydrogen) atoms. The summed E-state index contributed by atoms with van der Waals surface area (Å²) in [6, 6.07) is 3.64. The van der Waals surface area contributed by atoms with E-state index in [0.717, 1.165) is 36.3 Å². The molecule has 3 heteroatoms. The van der Waals surface area contributed by atoms with Crippen LogP contribution in [0, 0.1) is 18.8 Å². The van der Waals surface area contributed by atoms with Crippen molar-refractivity contribution >= 4 is 0 Å². The monoisotopic (exact) mass is 260 g/mol. The number of aryl methyl sites for hydroxylation is 1. The number of hydrogen-bond donors (Lipinski definition) is 1. The number of fused-ring (bicyclic) bond motifs is 1. The van der Waals surface area contributed by atoms with Gasteiger partial charge >= 0.3 is 0 Å². The Morgan fingerprint density at radius 3 is 2.84 bits per heavy atom. The Balaban J connectivity index is 1.65. The molecule has 3 nitrogen and oxygen atoms in total. The first-order chi connectivity index (χ1) is 9.22. The molecule has 104 valence electrons. The number of nitrogens with zero attached hydrogens (tertiary/aromatic N) is 2. The van der Waals surface area contributed by atoms with Crippen LogP contribution in [0.25, 0.3) is 0 Å². The van der Waals surface area contributed by atoms with Crippen molar-refractivity contribution in [3.8, 4) is 5.75 Å². The molecule has 0 aromatic carbocycles. The van der Waals surface area contributed by atoms with Crippen molar-refractivity contribution in [3.05, 3.63) is 23.5 Å². The number of aromatic nitrogens is 1. The van der Waals surface area contributed by atoms with Gasteiger partial charge in [0.25, 0.3) is 0 Å². The Kier molecular flexibility index (Phi) is 3.74. The highest BCUT2D eigenvalue weighted by Gasteiger charge is 2.31. The summed E-state index contributed by atoms with van der Waals surface area (Å²) in [7, 11) is 0. The zero-order valence-electron chi connectivity index (χ0n) is 11.8. The Hall–Kier alpha value is -1.09. The molecule has 1 aromatic heterocycles. The summed E-state index contributed by atoms with van der Waals surface area (Å²) in [6.07, 6.45) is 7.00. The standard InChI is InChI=1S/C16H24N2O/c1-12-6-7-16(19)15(17-12)11-18-9-8-13-4-2-3-5-14(13)10-18/h6-7,13-14,19H,2-5,8-11H2,1H3. The topological polar surface area (TPSA) is 36.4 Å². The third-order valence-corrected chi connectivity index (χ3v) is 4.84. The van der Waals surface area contributed by atoms with Crippen LogP contribution in [-0.4, -0.2) is 28.1 Å². The lowest BCUT2D eigenvalue weighted by atomic mass is 9.75. The second-order valence-corrected chi connectivity index (χ2v) is 6.25. The fourth-order valence-electron chi connectivity index (χ4n) is 3.75. The Morgan fingerprint density at radius 2 is 2.00 bits per heavy atom. The van der Waals surface area contributed by atoms with E-state index in [1.165, 1.54) is 38.6 Å². The third-order valence-electron chi connectivity index (χ3n) is 4.84. The maximum atomic E-state index is 9.91. The van der Waals surface area contributed by atoms with Gasteiger partial charge in [-0.3, -0.25) is 9.88 Å². The van der Waals surface area contributed by atoms with Crippen LogP contribution < -0.4 is 0 Å². The van der Waals surface area contributed by atoms with Crippen molar-refractivity contribution in [1.29, 1.82) is 0 Å². The summed E-state index contributed by atoms with van der Waals surface area (Å²) in [5, 5.41) is 9.91. The molecule has 2 aliphatic rings. The van der Waals surface area contributed by atoms with Crippen molar-refractivity contribution in [2.45, 2.75) is 45.6 Å². The molecule has 1 saturated carbocycles. The number of hydrogen-bond acceptors (Lipinski definition) is 3. The van der Waals surface area contributed by atoms with Crippen LogP contribution in [-0.2, 0) is 6.54 Å². The minimum Gasteiger partial charge on any atom is -0.506 e. The lowest BCUT2D eigenvalue weighted by molar-refractivity contribution is 0.0806. The molecule has 3 rings (SSSR count). The van der Waals surface area contributed by atoms with Gasteiger partial charge in [0, 0.05) is 18.8 Å². The van der Waals surface area contributed by atoms with E-state index >= 15 is 0 Å². The van der Waals surface area contributed by atoms with Crippen LogP contribution in [0.15, 0.2) is 12.1 Å². The first-order valence-corrected chi connectivity index (χ1v) is 7.60. The molecule has 1 aliphatic heterocycles. The maximum Gasteiger partial charge on any atom is 0.138 e. The van der Waals surface area contributed by atoms with E-state index in [1.54, 1.807) is 6.07 Å². The highest BCUT2D eigenvalue weighted by molar-refractivity contribution is 5.27. The van der Waals surface area contributed by atoms with Crippen molar-refractivity contribution < 1.29 is 5.11 Å². The van der Waals surface area contributed by atoms with Crippen LogP contribution in [0.4, 0.5) is 0 Å². The van der Waals surface area contributed by atoms with Gasteiger partial charge in [-0.05, 0) is 50.3 Å². The minimum absolute atomic E-state index is 0.344. The molecule has 2 atom stereocenters. The van der Waals surface area contributed by atoms with E-state index in [1.807, 2.05) is 13.0 Å². The summed E-state index contributed by atoms with van der Waals surface area (Å²) in [5.41, 5.74) is 1.83. The molecule has 1 N–H and O–H groups in total. The molecule has 1 aromatic rings. The van der Waals surface area contributed by atoms with Crippen molar-refractivity contribution in [2.75, 3.05) is 13.1 Å². The van der Waals surface area contributed by atoms with Gasteiger partial charge in [-0.2, -0.15) is 0 Å². The molecular formula is C16H24N2O. The summed E-state index contributed by atoms with van der Waals surface area (Å²) in [4.78, 5) is 6.96. The third kappa shape index (κ3) is 2.92. The Bertz CT molecular complexity index is 446. The number of pyridine rings is 1. The van der Waals surface area contributed by atoms with Gasteiger partial charge in [0.05, 0.1) is 5.69 Å². The van der Waals surface area contributed by atoms with Gasteiger partial charge in [-0.1, -0.05) is 19.3 Å². The second-order valence-electron chi connectivity index (χ2n) is 6.25. The smallest absolute Gasteiger partial charge is 0.138 e. The van der Waals surface area contributed by atoms with Gasteiger partial charge in [-0.25, -0.2) is 0 Å². The van der Waals surface area contributed by atoms with Crippen LogP contribution >= 0.6 is 0 Å². The summed E-state index contributed by atoms with van der Waals surface area (Å²) in [6.45, 7) is 5.14. The average Bonchev–Trinajstić information content (AvgIpc) is 2.43. The summed E-state index contributed by atoms with van der Waals surface area (Å²) < 4.78 is 0. The highest BCUT2D eigenvalue weighted by atomic mass is 16.3. The van der Waals surface area contributed by atoms with Crippen molar-refractivity contribution in [1.82, 2.24) is 9.88 Å². The molecule has 2 fully saturated rings. The second kappa shape index (κ2) is 5.49. The van der Waals surface area contributed by atoms with E-state index < -0.39 is 0 Å². The summed E-state index contributed by atoms with van der Waals surface area (Å²) in [5.74, 6) is 2.19. The van der Waals surface area contributed by atoms with Crippen molar-refractivity contribution in [3.63, 3.8) is 0 Å². The quantitative estimate of drug-likeness (QED) is 0.887. The van der Waals surface area contributed by atoms with E-state index in [2.05, 4.69) is 9.88 Å². The molecule has 2 unspecified atom stereocenters. The fraction of sp³-hybridized carbons (Fsp3) is 0.688. The van der Waals surface area contributed by atoms with Crippen LogP contribution in [0.5, 0.6) is 5.75 Å². The highest BCUT2D eigenvalue weighted by Crippen LogP contribution is 2.36. The molecular weight excluding hydrogens is 236 g/mol. The molecule has 0 amide bonds. The normalized spacial score (nSPS) is 28.1.